The zero-order chi connectivity index (χ0) is 15.7. The summed E-state index contributed by atoms with van der Waals surface area (Å²) < 4.78 is 0. The van der Waals surface area contributed by atoms with Gasteiger partial charge in [0.2, 0.25) is 11.9 Å². The van der Waals surface area contributed by atoms with Crippen molar-refractivity contribution in [1.29, 1.82) is 10.5 Å². The molecule has 0 amide bonds. The molecule has 0 aliphatic rings. The van der Waals surface area contributed by atoms with Crippen LogP contribution in [0.4, 0.5) is 11.9 Å². The van der Waals surface area contributed by atoms with E-state index in [1.165, 1.54) is 5.41 Å². The van der Waals surface area contributed by atoms with E-state index >= 15 is 0 Å². The van der Waals surface area contributed by atoms with E-state index in [1.54, 1.807) is 12.1 Å². The van der Waals surface area contributed by atoms with Crippen molar-refractivity contribution in [3.05, 3.63) is 11.0 Å². The molecular formula is C13H17N7S. The maximum Gasteiger partial charge on any atom is 0.231 e. The zero-order valence-electron chi connectivity index (χ0n) is 12.3. The highest BCUT2D eigenvalue weighted by molar-refractivity contribution is 8.02. The van der Waals surface area contributed by atoms with Gasteiger partial charge in [0.25, 0.3) is 0 Å². The fourth-order valence-corrected chi connectivity index (χ4v) is 2.08. The number of hydrogen-bond acceptors (Lipinski definition) is 8. The number of hydrogen-bond donors (Lipinski definition) is 1. The van der Waals surface area contributed by atoms with Crippen LogP contribution in [-0.4, -0.2) is 34.6 Å². The SMILES string of the molecule is CCNc1nc(SC=C(C#N)C#N)nc(N(CC)CC)n1. The van der Waals surface area contributed by atoms with E-state index in [2.05, 4.69) is 20.3 Å². The van der Waals surface area contributed by atoms with Gasteiger partial charge in [-0.15, -0.1) is 0 Å². The predicted molar refractivity (Wildman–Crippen MR) is 82.7 cm³/mol. The molecule has 7 nitrogen and oxygen atoms in total. The van der Waals surface area contributed by atoms with E-state index in [0.717, 1.165) is 24.9 Å². The number of aromatic nitrogens is 3. The fraction of sp³-hybridized carbons (Fsp3) is 0.462. The summed E-state index contributed by atoms with van der Waals surface area (Å²) in [4.78, 5) is 15.0. The molecule has 0 atom stereocenters. The minimum Gasteiger partial charge on any atom is -0.354 e. The molecule has 0 aliphatic heterocycles. The molecule has 1 heterocycles. The minimum atomic E-state index is 0.0230. The summed E-state index contributed by atoms with van der Waals surface area (Å²) in [7, 11) is 0. The van der Waals surface area contributed by atoms with Crippen molar-refractivity contribution in [3.63, 3.8) is 0 Å². The van der Waals surface area contributed by atoms with Crippen LogP contribution in [0.25, 0.3) is 0 Å². The maximum absolute atomic E-state index is 8.73. The number of nitrogens with one attached hydrogen (secondary N) is 1. The van der Waals surface area contributed by atoms with Gasteiger partial charge < -0.3 is 10.2 Å². The highest BCUT2D eigenvalue weighted by Gasteiger charge is 2.11. The van der Waals surface area contributed by atoms with Crippen LogP contribution >= 0.6 is 11.8 Å². The molecule has 1 aromatic rings. The molecule has 0 unspecified atom stereocenters. The Hall–Kier alpha value is -2.32. The monoisotopic (exact) mass is 303 g/mol. The standard InChI is InChI=1S/C13H17N7S/c1-4-16-11-17-12(20(5-2)6-3)19-13(18-11)21-9-10(7-14)8-15/h9H,4-6H2,1-3H3,(H,16,17,18,19). The average Bonchev–Trinajstić information content (AvgIpc) is 2.50. The third-order valence-electron chi connectivity index (χ3n) is 2.51. The number of nitriles is 2. The summed E-state index contributed by atoms with van der Waals surface area (Å²) in [5.41, 5.74) is 0.0230. The van der Waals surface area contributed by atoms with Crippen LogP contribution in [0.2, 0.25) is 0 Å². The van der Waals surface area contributed by atoms with Gasteiger partial charge in [-0.1, -0.05) is 11.8 Å². The quantitative estimate of drug-likeness (QED) is 0.604. The van der Waals surface area contributed by atoms with Crippen LogP contribution in [0.1, 0.15) is 20.8 Å². The van der Waals surface area contributed by atoms with Gasteiger partial charge in [0.05, 0.1) is 0 Å². The Kier molecular flexibility index (Phi) is 6.99. The van der Waals surface area contributed by atoms with Crippen molar-refractivity contribution in [3.8, 4) is 12.1 Å². The van der Waals surface area contributed by atoms with Crippen molar-refractivity contribution < 1.29 is 0 Å². The molecule has 1 rings (SSSR count). The molecule has 0 radical (unpaired) electrons. The van der Waals surface area contributed by atoms with Crippen molar-refractivity contribution in [2.24, 2.45) is 0 Å². The van der Waals surface area contributed by atoms with Gasteiger partial charge >= 0.3 is 0 Å². The van der Waals surface area contributed by atoms with E-state index in [0.29, 0.717) is 23.6 Å². The summed E-state index contributed by atoms with van der Waals surface area (Å²) >= 11 is 1.13. The summed E-state index contributed by atoms with van der Waals surface area (Å²) in [6, 6.07) is 3.61. The van der Waals surface area contributed by atoms with Crippen molar-refractivity contribution >= 4 is 23.7 Å². The van der Waals surface area contributed by atoms with Crippen LogP contribution in [0.3, 0.4) is 0 Å². The number of thioether (sulfide) groups is 1. The minimum absolute atomic E-state index is 0.0230. The van der Waals surface area contributed by atoms with Gasteiger partial charge in [0.1, 0.15) is 17.7 Å². The lowest BCUT2D eigenvalue weighted by atomic mass is 10.4. The molecule has 0 fully saturated rings. The van der Waals surface area contributed by atoms with Gasteiger partial charge in [0, 0.05) is 25.0 Å². The first-order valence-electron chi connectivity index (χ1n) is 6.60. The van der Waals surface area contributed by atoms with E-state index < -0.39 is 0 Å². The summed E-state index contributed by atoms with van der Waals surface area (Å²) in [6.07, 6.45) is 0. The highest BCUT2D eigenvalue weighted by Crippen LogP contribution is 2.20. The molecule has 1 N–H and O–H groups in total. The second-order valence-electron chi connectivity index (χ2n) is 3.82. The first-order chi connectivity index (χ1) is 10.2. The molecule has 1 aromatic heterocycles. The molecule has 0 aliphatic carbocycles. The van der Waals surface area contributed by atoms with Crippen molar-refractivity contribution in [2.45, 2.75) is 25.9 Å². The highest BCUT2D eigenvalue weighted by atomic mass is 32.2. The van der Waals surface area contributed by atoms with Crippen LogP contribution in [-0.2, 0) is 0 Å². The third kappa shape index (κ3) is 4.93. The Balaban J connectivity index is 3.11. The molecular weight excluding hydrogens is 286 g/mol. The van der Waals surface area contributed by atoms with Gasteiger partial charge in [-0.25, -0.2) is 0 Å². The van der Waals surface area contributed by atoms with Gasteiger partial charge in [-0.3, -0.25) is 0 Å². The molecule has 0 saturated heterocycles. The van der Waals surface area contributed by atoms with Crippen molar-refractivity contribution in [2.75, 3.05) is 29.9 Å². The van der Waals surface area contributed by atoms with Crippen molar-refractivity contribution in [1.82, 2.24) is 15.0 Å². The van der Waals surface area contributed by atoms with Gasteiger partial charge in [-0.05, 0) is 20.8 Å². The lowest BCUT2D eigenvalue weighted by Gasteiger charge is -2.19. The topological polar surface area (TPSA) is 102 Å². The average molecular weight is 303 g/mol. The second kappa shape index (κ2) is 8.77. The first-order valence-corrected chi connectivity index (χ1v) is 7.48. The molecule has 21 heavy (non-hydrogen) atoms. The molecule has 0 spiro atoms. The largest absolute Gasteiger partial charge is 0.354 e. The molecule has 110 valence electrons. The maximum atomic E-state index is 8.73. The predicted octanol–water partition coefficient (Wildman–Crippen LogP) is 2.17. The van der Waals surface area contributed by atoms with E-state index in [-0.39, 0.29) is 5.57 Å². The van der Waals surface area contributed by atoms with Gasteiger partial charge in [0.15, 0.2) is 5.16 Å². The zero-order valence-corrected chi connectivity index (χ0v) is 13.1. The number of allylic oxidation sites excluding steroid dienone is 1. The fourth-order valence-electron chi connectivity index (χ4n) is 1.47. The third-order valence-corrected chi connectivity index (χ3v) is 3.25. The molecule has 0 aromatic carbocycles. The van der Waals surface area contributed by atoms with Crippen LogP contribution in [0.5, 0.6) is 0 Å². The van der Waals surface area contributed by atoms with E-state index in [4.69, 9.17) is 10.5 Å². The second-order valence-corrected chi connectivity index (χ2v) is 4.65. The summed E-state index contributed by atoms with van der Waals surface area (Å²) in [5, 5.41) is 22.4. The summed E-state index contributed by atoms with van der Waals surface area (Å²) in [6.45, 7) is 8.27. The Morgan fingerprint density at radius 2 is 1.86 bits per heavy atom. The lowest BCUT2D eigenvalue weighted by Crippen LogP contribution is -2.25. The summed E-state index contributed by atoms with van der Waals surface area (Å²) in [5.74, 6) is 1.07. The lowest BCUT2D eigenvalue weighted by molar-refractivity contribution is 0.783. The van der Waals surface area contributed by atoms with E-state index in [1.807, 2.05) is 25.7 Å². The Morgan fingerprint density at radius 3 is 2.38 bits per heavy atom. The number of rotatable bonds is 7. The Labute approximate surface area is 128 Å². The van der Waals surface area contributed by atoms with Crippen LogP contribution < -0.4 is 10.2 Å². The molecule has 0 saturated carbocycles. The number of anilines is 2. The van der Waals surface area contributed by atoms with E-state index in [9.17, 15) is 0 Å². The first kappa shape index (κ1) is 16.7. The Morgan fingerprint density at radius 1 is 1.19 bits per heavy atom. The smallest absolute Gasteiger partial charge is 0.231 e. The van der Waals surface area contributed by atoms with Crippen LogP contribution in [0.15, 0.2) is 16.1 Å². The van der Waals surface area contributed by atoms with Gasteiger partial charge in [-0.2, -0.15) is 25.5 Å². The molecule has 8 heteroatoms. The molecule has 0 bridgehead atoms. The Bertz CT molecular complexity index is 565. The normalized spacial score (nSPS) is 9.38. The van der Waals surface area contributed by atoms with Crippen LogP contribution in [0, 0.1) is 22.7 Å². The number of nitrogens with zero attached hydrogens (tertiary/aromatic N) is 6.